The van der Waals surface area contributed by atoms with Crippen LogP contribution in [0.2, 0.25) is 0 Å². The largest absolute Gasteiger partial charge is 0.352 e. The van der Waals surface area contributed by atoms with Gasteiger partial charge in [-0.3, -0.25) is 15.1 Å². The summed E-state index contributed by atoms with van der Waals surface area (Å²) < 4.78 is 13.4. The van der Waals surface area contributed by atoms with E-state index in [0.717, 1.165) is 40.9 Å². The maximum Gasteiger partial charge on any atom is 0.160 e. The summed E-state index contributed by atoms with van der Waals surface area (Å²) in [6.07, 6.45) is 6.85. The number of fused-ring (bicyclic) bond motifs is 2. The molecule has 1 aliphatic heterocycles. The molecule has 0 bridgehead atoms. The van der Waals surface area contributed by atoms with Gasteiger partial charge in [0, 0.05) is 36.3 Å². The molecule has 1 aromatic carbocycles. The van der Waals surface area contributed by atoms with Gasteiger partial charge >= 0.3 is 0 Å². The lowest BCUT2D eigenvalue weighted by Crippen LogP contribution is -2.56. The number of halogens is 1. The molecular formula is C25H19FN10. The summed E-state index contributed by atoms with van der Waals surface area (Å²) in [5.41, 5.74) is 11.6. The molecule has 0 saturated carbocycles. The van der Waals surface area contributed by atoms with E-state index in [1.165, 1.54) is 12.1 Å². The number of imidazole rings is 1. The van der Waals surface area contributed by atoms with Crippen LogP contribution in [0.3, 0.4) is 0 Å². The summed E-state index contributed by atoms with van der Waals surface area (Å²) in [7, 11) is 0. The van der Waals surface area contributed by atoms with Crippen molar-refractivity contribution in [2.45, 2.75) is 6.04 Å². The van der Waals surface area contributed by atoms with Gasteiger partial charge in [0.05, 0.1) is 29.8 Å². The lowest BCUT2D eigenvalue weighted by molar-refractivity contribution is 0.514. The van der Waals surface area contributed by atoms with E-state index in [1.54, 1.807) is 36.9 Å². The number of pyridine rings is 2. The third kappa shape index (κ3) is 3.36. The van der Waals surface area contributed by atoms with Crippen molar-refractivity contribution >= 4 is 27.9 Å². The number of H-pyrrole nitrogens is 2. The number of benzene rings is 1. The molecule has 0 spiro atoms. The number of rotatable bonds is 4. The fraction of sp³-hybridized carbons (Fsp3) is 0.120. The summed E-state index contributed by atoms with van der Waals surface area (Å²) in [6, 6.07) is 10.3. The Bertz CT molecular complexity index is 1730. The van der Waals surface area contributed by atoms with Crippen LogP contribution in [0.15, 0.2) is 61.2 Å². The molecular weight excluding hydrogens is 459 g/mol. The van der Waals surface area contributed by atoms with Crippen molar-refractivity contribution in [3.05, 3.63) is 67.0 Å². The lowest BCUT2D eigenvalue weighted by Gasteiger charge is -2.37. The lowest BCUT2D eigenvalue weighted by atomic mass is 10.1. The number of hydrogen-bond acceptors (Lipinski definition) is 8. The summed E-state index contributed by atoms with van der Waals surface area (Å²) in [5.74, 6) is 1.05. The Balaban J connectivity index is 1.30. The predicted octanol–water partition coefficient (Wildman–Crippen LogP) is 3.31. The van der Waals surface area contributed by atoms with Gasteiger partial charge in [-0.25, -0.2) is 19.3 Å². The molecule has 1 fully saturated rings. The molecule has 0 unspecified atom stereocenters. The Morgan fingerprint density at radius 2 is 1.83 bits per heavy atom. The first-order valence-corrected chi connectivity index (χ1v) is 11.4. The van der Waals surface area contributed by atoms with Gasteiger partial charge < -0.3 is 15.6 Å². The van der Waals surface area contributed by atoms with Crippen molar-refractivity contribution in [2.24, 2.45) is 5.73 Å². The van der Waals surface area contributed by atoms with Crippen LogP contribution >= 0.6 is 0 Å². The van der Waals surface area contributed by atoms with Crippen LogP contribution in [0.5, 0.6) is 0 Å². The van der Waals surface area contributed by atoms with E-state index < -0.39 is 0 Å². The molecule has 1 aliphatic rings. The molecule has 0 amide bonds. The highest BCUT2D eigenvalue weighted by atomic mass is 19.1. The van der Waals surface area contributed by atoms with Crippen LogP contribution in [-0.2, 0) is 0 Å². The number of nitrogens with one attached hydrogen (secondary N) is 2. The zero-order valence-corrected chi connectivity index (χ0v) is 18.9. The van der Waals surface area contributed by atoms with Crippen molar-refractivity contribution in [1.82, 2.24) is 40.1 Å². The minimum atomic E-state index is -0.289. The van der Waals surface area contributed by atoms with E-state index in [1.807, 2.05) is 12.1 Å². The number of aromatic nitrogens is 8. The zero-order valence-electron chi connectivity index (χ0n) is 18.9. The van der Waals surface area contributed by atoms with Crippen molar-refractivity contribution < 1.29 is 4.39 Å². The van der Waals surface area contributed by atoms with Crippen LogP contribution in [0.1, 0.15) is 0 Å². The second-order valence-corrected chi connectivity index (χ2v) is 8.76. The Kier molecular flexibility index (Phi) is 4.51. The van der Waals surface area contributed by atoms with Gasteiger partial charge in [-0.05, 0) is 29.8 Å². The fourth-order valence-corrected chi connectivity index (χ4v) is 4.45. The minimum Gasteiger partial charge on any atom is -0.352 e. The number of anilines is 1. The highest BCUT2D eigenvalue weighted by Crippen LogP contribution is 2.32. The molecule has 1 saturated heterocycles. The van der Waals surface area contributed by atoms with E-state index in [-0.39, 0.29) is 11.9 Å². The first-order chi connectivity index (χ1) is 17.6. The fourth-order valence-electron chi connectivity index (χ4n) is 4.45. The monoisotopic (exact) mass is 478 g/mol. The minimum absolute atomic E-state index is 0.167. The maximum atomic E-state index is 13.4. The standard InChI is InChI=1S/C25H19FN10/c26-14-3-1-13(2-4-14)16-5-6-29-24-22(16)32-25(33-24)23-17-7-18(30-9-19(17)34-35-23)20-8-28-10-21(31-20)36-11-15(27)12-36/h1-10,15H,11-12,27H2,(H,34,35)(H,29,32,33). The van der Waals surface area contributed by atoms with Crippen LogP contribution in [-0.4, -0.2) is 59.2 Å². The first-order valence-electron chi connectivity index (χ1n) is 11.4. The Morgan fingerprint density at radius 1 is 0.972 bits per heavy atom. The van der Waals surface area contributed by atoms with E-state index in [0.29, 0.717) is 34.1 Å². The number of aromatic amines is 2. The normalized spacial score (nSPS) is 14.0. The second-order valence-electron chi connectivity index (χ2n) is 8.76. The molecule has 0 radical (unpaired) electrons. The quantitative estimate of drug-likeness (QED) is 0.351. The third-order valence-corrected chi connectivity index (χ3v) is 6.33. The van der Waals surface area contributed by atoms with Crippen LogP contribution in [0.25, 0.3) is 56.1 Å². The van der Waals surface area contributed by atoms with Gasteiger partial charge in [0.2, 0.25) is 0 Å². The molecule has 6 heterocycles. The van der Waals surface area contributed by atoms with Crippen LogP contribution < -0.4 is 10.6 Å². The number of nitrogens with two attached hydrogens (primary N) is 1. The summed E-state index contributed by atoms with van der Waals surface area (Å²) in [5, 5.41) is 8.35. The highest BCUT2D eigenvalue weighted by Gasteiger charge is 2.25. The molecule has 4 N–H and O–H groups in total. The van der Waals surface area contributed by atoms with Crippen LogP contribution in [0.4, 0.5) is 10.2 Å². The summed E-state index contributed by atoms with van der Waals surface area (Å²) in [6.45, 7) is 1.52. The van der Waals surface area contributed by atoms with Crippen molar-refractivity contribution in [1.29, 1.82) is 0 Å². The van der Waals surface area contributed by atoms with Crippen molar-refractivity contribution in [2.75, 3.05) is 18.0 Å². The smallest absolute Gasteiger partial charge is 0.160 e. The molecule has 7 rings (SSSR count). The van der Waals surface area contributed by atoms with Crippen molar-refractivity contribution in [3.8, 4) is 34.0 Å². The molecule has 5 aromatic heterocycles. The molecule has 0 aliphatic carbocycles. The SMILES string of the molecule is NC1CN(c2cncc(-c3cc4c(-c5nc6c(-c7ccc(F)cc7)ccnc6[nH]5)n[nH]c4cn3)n2)C1. The second kappa shape index (κ2) is 7.89. The zero-order chi connectivity index (χ0) is 24.2. The average molecular weight is 478 g/mol. The molecule has 6 aromatic rings. The number of nitrogens with zero attached hydrogens (tertiary/aromatic N) is 7. The number of hydrogen-bond donors (Lipinski definition) is 3. The Hall–Kier alpha value is -4.77. The molecule has 0 atom stereocenters. The van der Waals surface area contributed by atoms with E-state index >= 15 is 0 Å². The molecule has 10 nitrogen and oxygen atoms in total. The van der Waals surface area contributed by atoms with Crippen LogP contribution in [0, 0.1) is 5.82 Å². The van der Waals surface area contributed by atoms with E-state index in [2.05, 4.69) is 35.0 Å². The van der Waals surface area contributed by atoms with E-state index in [4.69, 9.17) is 15.7 Å². The third-order valence-electron chi connectivity index (χ3n) is 6.33. The summed E-state index contributed by atoms with van der Waals surface area (Å²) >= 11 is 0. The van der Waals surface area contributed by atoms with Gasteiger partial charge in [0.15, 0.2) is 11.5 Å². The van der Waals surface area contributed by atoms with Crippen molar-refractivity contribution in [3.63, 3.8) is 0 Å². The average Bonchev–Trinajstić information content (AvgIpc) is 3.51. The van der Waals surface area contributed by atoms with Gasteiger partial charge in [-0.1, -0.05) is 12.1 Å². The van der Waals surface area contributed by atoms with E-state index in [9.17, 15) is 4.39 Å². The maximum absolute atomic E-state index is 13.4. The molecule has 36 heavy (non-hydrogen) atoms. The van der Waals surface area contributed by atoms with Gasteiger partial charge in [0.1, 0.15) is 28.5 Å². The molecule has 11 heteroatoms. The van der Waals surface area contributed by atoms with Gasteiger partial charge in [-0.2, -0.15) is 5.10 Å². The Labute approximate surface area is 203 Å². The first kappa shape index (κ1) is 20.6. The predicted molar refractivity (Wildman–Crippen MR) is 133 cm³/mol. The highest BCUT2D eigenvalue weighted by molar-refractivity contribution is 5.96. The summed E-state index contributed by atoms with van der Waals surface area (Å²) in [4.78, 5) is 28.2. The Morgan fingerprint density at radius 3 is 2.67 bits per heavy atom. The molecule has 176 valence electrons. The van der Waals surface area contributed by atoms with Gasteiger partial charge in [-0.15, -0.1) is 0 Å². The topological polar surface area (TPSA) is 138 Å². The van der Waals surface area contributed by atoms with Gasteiger partial charge in [0.25, 0.3) is 0 Å².